The first-order valence-corrected chi connectivity index (χ1v) is 10.2. The maximum Gasteiger partial charge on any atom is 0.203 e. The van der Waals surface area contributed by atoms with E-state index in [0.717, 1.165) is 29.7 Å². The van der Waals surface area contributed by atoms with Gasteiger partial charge < -0.3 is 9.47 Å². The van der Waals surface area contributed by atoms with Crippen LogP contribution in [0.3, 0.4) is 0 Å². The zero-order valence-electron chi connectivity index (χ0n) is 16.2. The topological polar surface area (TPSA) is 79.5 Å². The monoisotopic (exact) mass is 406 g/mol. The number of ether oxygens (including phenoxy) is 2. The van der Waals surface area contributed by atoms with Crippen molar-refractivity contribution in [1.29, 1.82) is 5.26 Å². The Hall–Kier alpha value is -3.37. The molecule has 3 rings (SSSR count). The summed E-state index contributed by atoms with van der Waals surface area (Å²) in [6.07, 6.45) is 3.84. The molecule has 2 aromatic carbocycles. The number of para-hydroxylation sites is 1. The lowest BCUT2D eigenvalue weighted by molar-refractivity contribution is 0.286. The second kappa shape index (κ2) is 10.8. The molecule has 7 heteroatoms. The van der Waals surface area contributed by atoms with Crippen LogP contribution < -0.4 is 14.9 Å². The van der Waals surface area contributed by atoms with Crippen molar-refractivity contribution in [2.75, 3.05) is 19.1 Å². The number of nitrogens with zero attached hydrogens (tertiary/aromatic N) is 3. The van der Waals surface area contributed by atoms with Crippen LogP contribution in [0.5, 0.6) is 11.5 Å². The van der Waals surface area contributed by atoms with Crippen LogP contribution in [0.4, 0.5) is 5.13 Å². The van der Waals surface area contributed by atoms with E-state index < -0.39 is 0 Å². The number of thiazole rings is 1. The summed E-state index contributed by atoms with van der Waals surface area (Å²) in [5.41, 5.74) is 5.76. The molecule has 1 N–H and O–H groups in total. The molecule has 0 amide bonds. The van der Waals surface area contributed by atoms with Gasteiger partial charge in [0.15, 0.2) is 11.5 Å². The van der Waals surface area contributed by atoms with Gasteiger partial charge >= 0.3 is 0 Å². The van der Waals surface area contributed by atoms with E-state index in [1.165, 1.54) is 11.3 Å². The molecule has 29 heavy (non-hydrogen) atoms. The molecule has 0 spiro atoms. The third-order valence-electron chi connectivity index (χ3n) is 4.10. The van der Waals surface area contributed by atoms with Crippen molar-refractivity contribution in [3.63, 3.8) is 0 Å². The molecule has 1 heterocycles. The number of hydrogen-bond acceptors (Lipinski definition) is 7. The Bertz CT molecular complexity index is 980. The summed E-state index contributed by atoms with van der Waals surface area (Å²) in [6, 6.07) is 17.8. The number of nitriles is 1. The highest BCUT2D eigenvalue weighted by Gasteiger charge is 2.09. The number of methoxy groups -OCH3 is 1. The van der Waals surface area contributed by atoms with Crippen LogP contribution in [-0.4, -0.2) is 24.9 Å². The standard InChI is InChI=1S/C22H22N4O2S/c1-27-20-12-8-11-18(21(20)28-14-7-3-6-13-23)15-24-26-22-25-19(16-29-22)17-9-4-2-5-10-17/h2,4-5,8-12,15-16H,3,6-7,14H2,1H3,(H,25,26). The van der Waals surface area contributed by atoms with E-state index >= 15 is 0 Å². The van der Waals surface area contributed by atoms with Gasteiger partial charge in [-0.2, -0.15) is 10.4 Å². The van der Waals surface area contributed by atoms with Gasteiger partial charge in [-0.3, -0.25) is 5.43 Å². The smallest absolute Gasteiger partial charge is 0.203 e. The molecular weight excluding hydrogens is 384 g/mol. The van der Waals surface area contributed by atoms with E-state index in [4.69, 9.17) is 14.7 Å². The molecule has 0 atom stereocenters. The summed E-state index contributed by atoms with van der Waals surface area (Å²) < 4.78 is 11.3. The fraction of sp³-hybridized carbons (Fsp3) is 0.227. The number of benzene rings is 2. The minimum absolute atomic E-state index is 0.517. The van der Waals surface area contributed by atoms with E-state index in [0.29, 0.717) is 29.7 Å². The Labute approximate surface area is 174 Å². The first-order valence-electron chi connectivity index (χ1n) is 9.28. The fourth-order valence-corrected chi connectivity index (χ4v) is 3.32. The highest BCUT2D eigenvalue weighted by atomic mass is 32.1. The van der Waals surface area contributed by atoms with Crippen LogP contribution in [0.15, 0.2) is 59.0 Å². The van der Waals surface area contributed by atoms with E-state index in [1.54, 1.807) is 13.3 Å². The van der Waals surface area contributed by atoms with Crippen LogP contribution in [-0.2, 0) is 0 Å². The zero-order chi connectivity index (χ0) is 20.3. The van der Waals surface area contributed by atoms with E-state index in [9.17, 15) is 0 Å². The van der Waals surface area contributed by atoms with Gasteiger partial charge in [-0.25, -0.2) is 4.98 Å². The van der Waals surface area contributed by atoms with Crippen molar-refractivity contribution in [3.05, 3.63) is 59.5 Å². The molecule has 0 aliphatic heterocycles. The number of anilines is 1. The molecule has 0 unspecified atom stereocenters. The maximum absolute atomic E-state index is 8.63. The highest BCUT2D eigenvalue weighted by Crippen LogP contribution is 2.30. The van der Waals surface area contributed by atoms with Crippen LogP contribution in [0.25, 0.3) is 11.3 Å². The predicted octanol–water partition coefficient (Wildman–Crippen LogP) is 5.34. The average Bonchev–Trinajstić information content (AvgIpc) is 3.24. The Kier molecular flexibility index (Phi) is 7.61. The van der Waals surface area contributed by atoms with Crippen molar-refractivity contribution in [1.82, 2.24) is 4.98 Å². The number of aromatic nitrogens is 1. The molecule has 0 saturated carbocycles. The summed E-state index contributed by atoms with van der Waals surface area (Å²) in [5, 5.41) is 15.6. The molecule has 6 nitrogen and oxygen atoms in total. The van der Waals surface area contributed by atoms with Crippen LogP contribution in [0.1, 0.15) is 24.8 Å². The van der Waals surface area contributed by atoms with Crippen molar-refractivity contribution in [2.45, 2.75) is 19.3 Å². The number of nitrogens with one attached hydrogen (secondary N) is 1. The quantitative estimate of drug-likeness (QED) is 0.279. The van der Waals surface area contributed by atoms with Gasteiger partial charge in [0, 0.05) is 22.9 Å². The number of hydrogen-bond donors (Lipinski definition) is 1. The predicted molar refractivity (Wildman–Crippen MR) is 117 cm³/mol. The number of unbranched alkanes of at least 4 members (excludes halogenated alkanes) is 2. The van der Waals surface area contributed by atoms with Crippen molar-refractivity contribution >= 4 is 22.7 Å². The molecule has 0 bridgehead atoms. The zero-order valence-corrected chi connectivity index (χ0v) is 17.0. The highest BCUT2D eigenvalue weighted by molar-refractivity contribution is 7.14. The molecule has 0 fully saturated rings. The summed E-state index contributed by atoms with van der Waals surface area (Å²) in [4.78, 5) is 4.56. The molecule has 0 saturated heterocycles. The van der Waals surface area contributed by atoms with Gasteiger partial charge in [-0.15, -0.1) is 11.3 Å². The van der Waals surface area contributed by atoms with Crippen molar-refractivity contribution < 1.29 is 9.47 Å². The number of hydrazone groups is 1. The normalized spacial score (nSPS) is 10.6. The van der Waals surface area contributed by atoms with Gasteiger partial charge in [0.1, 0.15) is 0 Å². The van der Waals surface area contributed by atoms with Gasteiger partial charge in [0.05, 0.1) is 31.7 Å². The summed E-state index contributed by atoms with van der Waals surface area (Å²) in [5.74, 6) is 1.29. The lowest BCUT2D eigenvalue weighted by atomic mass is 10.2. The van der Waals surface area contributed by atoms with E-state index in [2.05, 4.69) is 21.6 Å². The molecule has 0 radical (unpaired) electrons. The molecule has 3 aromatic rings. The third kappa shape index (κ3) is 5.80. The van der Waals surface area contributed by atoms with Crippen LogP contribution in [0, 0.1) is 11.3 Å². The summed E-state index contributed by atoms with van der Waals surface area (Å²) in [6.45, 7) is 0.517. The largest absolute Gasteiger partial charge is 0.493 e. The Morgan fingerprint density at radius 3 is 2.83 bits per heavy atom. The molecule has 0 aliphatic carbocycles. The molecule has 148 valence electrons. The van der Waals surface area contributed by atoms with E-state index in [1.807, 2.05) is 53.9 Å². The summed E-state index contributed by atoms with van der Waals surface area (Å²) in [7, 11) is 1.61. The average molecular weight is 407 g/mol. The van der Waals surface area contributed by atoms with Gasteiger partial charge in [-0.1, -0.05) is 36.4 Å². The lowest BCUT2D eigenvalue weighted by Crippen LogP contribution is -2.03. The minimum Gasteiger partial charge on any atom is -0.493 e. The SMILES string of the molecule is COc1cccc(C=NNc2nc(-c3ccccc3)cs2)c1OCCCCC#N. The van der Waals surface area contributed by atoms with Crippen molar-refractivity contribution in [3.8, 4) is 28.8 Å². The summed E-state index contributed by atoms with van der Waals surface area (Å²) >= 11 is 1.49. The first-order chi connectivity index (χ1) is 14.3. The Morgan fingerprint density at radius 1 is 1.17 bits per heavy atom. The van der Waals surface area contributed by atoms with Crippen molar-refractivity contribution in [2.24, 2.45) is 5.10 Å². The van der Waals surface area contributed by atoms with E-state index in [-0.39, 0.29) is 0 Å². The minimum atomic E-state index is 0.517. The Balaban J connectivity index is 1.65. The fourth-order valence-electron chi connectivity index (χ4n) is 2.65. The maximum atomic E-state index is 8.63. The third-order valence-corrected chi connectivity index (χ3v) is 4.84. The van der Waals surface area contributed by atoms with Crippen LogP contribution in [0.2, 0.25) is 0 Å². The van der Waals surface area contributed by atoms with Gasteiger partial charge in [0.2, 0.25) is 5.13 Å². The van der Waals surface area contributed by atoms with Gasteiger partial charge in [-0.05, 0) is 25.0 Å². The molecule has 0 aliphatic rings. The second-order valence-electron chi connectivity index (χ2n) is 6.12. The molecular formula is C22H22N4O2S. The Morgan fingerprint density at radius 2 is 2.03 bits per heavy atom. The van der Waals surface area contributed by atoms with Crippen LogP contribution >= 0.6 is 11.3 Å². The number of rotatable bonds is 10. The van der Waals surface area contributed by atoms with Gasteiger partial charge in [0.25, 0.3) is 0 Å². The molecule has 1 aromatic heterocycles. The second-order valence-corrected chi connectivity index (χ2v) is 6.97. The lowest BCUT2D eigenvalue weighted by Gasteiger charge is -2.12. The first kappa shape index (κ1) is 20.4.